The minimum Gasteiger partial charge on any atom is -0.497 e. The Kier molecular flexibility index (Phi) is 3.56. The van der Waals surface area contributed by atoms with Crippen molar-refractivity contribution in [2.75, 3.05) is 7.11 Å². The van der Waals surface area contributed by atoms with Crippen molar-refractivity contribution >= 4 is 26.6 Å². The van der Waals surface area contributed by atoms with Crippen LogP contribution in [-0.2, 0) is 9.84 Å². The van der Waals surface area contributed by atoms with Crippen LogP contribution in [0.1, 0.15) is 0 Å². The summed E-state index contributed by atoms with van der Waals surface area (Å²) < 4.78 is 34.9. The molecule has 0 fully saturated rings. The summed E-state index contributed by atoms with van der Waals surface area (Å²) in [4.78, 5) is 9.44. The molecule has 10 nitrogen and oxygen atoms in total. The monoisotopic (exact) mass is 351 g/mol. The number of benzene rings is 2. The number of nitro groups is 1. The predicted molar refractivity (Wildman–Crippen MR) is 78.1 cm³/mol. The van der Waals surface area contributed by atoms with E-state index < -0.39 is 36.4 Å². The van der Waals surface area contributed by atoms with E-state index in [1.54, 1.807) is 6.07 Å². The number of hydrogen-bond acceptors (Lipinski definition) is 8. The number of aromatic nitrogens is 2. The van der Waals surface area contributed by atoms with Crippen LogP contribution < -0.4 is 9.64 Å². The van der Waals surface area contributed by atoms with Gasteiger partial charge in [0.2, 0.25) is 9.84 Å². The lowest BCUT2D eigenvalue weighted by atomic mass is 10.3. The summed E-state index contributed by atoms with van der Waals surface area (Å²) in [6, 6.07) is 7.53. The molecule has 0 aliphatic rings. The first-order valence-electron chi connectivity index (χ1n) is 6.42. The standard InChI is InChI=1S/C13H9N3O7S/c1-22-8-3-2-4-9(7-8)24(20,21)11-6-5-10(15(17)18)12-13(11)16(19)23-14-12/h2-7H,1H3. The smallest absolute Gasteiger partial charge is 0.327 e. The van der Waals surface area contributed by atoms with Gasteiger partial charge < -0.3 is 9.94 Å². The zero-order chi connectivity index (χ0) is 17.5. The average molecular weight is 351 g/mol. The number of non-ortho nitro benzene ring substituents is 1. The molecule has 0 N–H and O–H groups in total. The first kappa shape index (κ1) is 15.7. The lowest BCUT2D eigenvalue weighted by Gasteiger charge is -2.06. The molecule has 1 aromatic heterocycles. The fraction of sp³-hybridized carbons (Fsp3) is 0.0769. The minimum absolute atomic E-state index is 0.141. The van der Waals surface area contributed by atoms with Crippen molar-refractivity contribution in [1.29, 1.82) is 0 Å². The molecule has 0 saturated heterocycles. The van der Waals surface area contributed by atoms with Crippen LogP contribution >= 0.6 is 0 Å². The number of nitrogens with zero attached hydrogens (tertiary/aromatic N) is 3. The quantitative estimate of drug-likeness (QED) is 0.388. The normalized spacial score (nSPS) is 11.5. The summed E-state index contributed by atoms with van der Waals surface area (Å²) in [5.41, 5.74) is -1.51. The molecule has 0 atom stereocenters. The maximum Gasteiger partial charge on any atom is 0.327 e. The van der Waals surface area contributed by atoms with E-state index >= 15 is 0 Å². The molecule has 0 aliphatic carbocycles. The molecule has 124 valence electrons. The Bertz CT molecular complexity index is 1060. The van der Waals surface area contributed by atoms with Gasteiger partial charge in [0.25, 0.3) is 5.52 Å². The first-order chi connectivity index (χ1) is 11.4. The van der Waals surface area contributed by atoms with Gasteiger partial charge in [0, 0.05) is 6.07 Å². The molecule has 0 aliphatic heterocycles. The zero-order valence-corrected chi connectivity index (χ0v) is 12.9. The highest BCUT2D eigenvalue weighted by Gasteiger charge is 2.32. The lowest BCUT2D eigenvalue weighted by molar-refractivity contribution is -0.783. The largest absolute Gasteiger partial charge is 0.497 e. The first-order valence-corrected chi connectivity index (χ1v) is 7.90. The summed E-state index contributed by atoms with van der Waals surface area (Å²) in [6.07, 6.45) is 0. The van der Waals surface area contributed by atoms with Crippen molar-refractivity contribution in [3.63, 3.8) is 0 Å². The number of fused-ring (bicyclic) bond motifs is 1. The Labute approximate surface area is 134 Å². The topological polar surface area (TPSA) is 139 Å². The molecule has 0 saturated carbocycles. The molecule has 0 unspecified atom stereocenters. The lowest BCUT2D eigenvalue weighted by Crippen LogP contribution is -2.25. The maximum atomic E-state index is 12.8. The third-order valence-electron chi connectivity index (χ3n) is 3.32. The van der Waals surface area contributed by atoms with Gasteiger partial charge in [-0.1, -0.05) is 6.07 Å². The van der Waals surface area contributed by atoms with Crippen molar-refractivity contribution in [2.24, 2.45) is 0 Å². The van der Waals surface area contributed by atoms with Crippen LogP contribution in [0.15, 0.2) is 50.8 Å². The van der Waals surface area contributed by atoms with E-state index in [9.17, 15) is 23.7 Å². The maximum absolute atomic E-state index is 12.8. The third kappa shape index (κ3) is 2.31. The fourth-order valence-corrected chi connectivity index (χ4v) is 3.65. The molecule has 0 amide bonds. The molecular formula is C13H9N3O7S. The molecule has 3 aromatic rings. The van der Waals surface area contributed by atoms with Crippen LogP contribution in [0.2, 0.25) is 0 Å². The van der Waals surface area contributed by atoms with Crippen LogP contribution in [0.3, 0.4) is 0 Å². The number of ether oxygens (including phenoxy) is 1. The number of hydrogen-bond donors (Lipinski definition) is 0. The van der Waals surface area contributed by atoms with Gasteiger partial charge in [-0.05, 0) is 29.2 Å². The van der Waals surface area contributed by atoms with Crippen molar-refractivity contribution in [2.45, 2.75) is 9.79 Å². The Balaban J connectivity index is 2.31. The second kappa shape index (κ2) is 5.45. The van der Waals surface area contributed by atoms with Crippen LogP contribution in [0, 0.1) is 15.3 Å². The summed E-state index contributed by atoms with van der Waals surface area (Å²) >= 11 is 0. The van der Waals surface area contributed by atoms with Crippen molar-refractivity contribution in [3.05, 3.63) is 51.7 Å². The van der Waals surface area contributed by atoms with Crippen molar-refractivity contribution in [3.8, 4) is 5.75 Å². The van der Waals surface area contributed by atoms with Gasteiger partial charge in [0.05, 0.1) is 22.1 Å². The number of sulfone groups is 1. The van der Waals surface area contributed by atoms with E-state index in [1.807, 2.05) is 0 Å². The van der Waals surface area contributed by atoms with Crippen LogP contribution in [0.5, 0.6) is 5.75 Å². The van der Waals surface area contributed by atoms with Gasteiger partial charge in [-0.15, -0.1) is 0 Å². The highest BCUT2D eigenvalue weighted by molar-refractivity contribution is 7.91. The number of nitro benzene ring substituents is 1. The molecule has 0 radical (unpaired) electrons. The molecule has 0 bridgehead atoms. The van der Waals surface area contributed by atoms with Gasteiger partial charge >= 0.3 is 11.2 Å². The van der Waals surface area contributed by atoms with Gasteiger partial charge in [0.1, 0.15) is 10.6 Å². The van der Waals surface area contributed by atoms with E-state index in [4.69, 9.17) is 4.74 Å². The minimum atomic E-state index is -4.16. The van der Waals surface area contributed by atoms with E-state index in [-0.39, 0.29) is 9.80 Å². The molecule has 1 heterocycles. The van der Waals surface area contributed by atoms with E-state index in [2.05, 4.69) is 9.79 Å². The molecule has 3 rings (SSSR count). The fourth-order valence-electron chi connectivity index (χ4n) is 2.20. The SMILES string of the molecule is COc1cccc(S(=O)(=O)c2ccc([N+](=O)[O-])c3no[n+]([O-])c23)c1. The Morgan fingerprint density at radius 1 is 1.29 bits per heavy atom. The molecule has 11 heteroatoms. The molecule has 24 heavy (non-hydrogen) atoms. The predicted octanol–water partition coefficient (Wildman–Crippen LogP) is 1.21. The van der Waals surface area contributed by atoms with E-state index in [0.717, 1.165) is 12.1 Å². The summed E-state index contributed by atoms with van der Waals surface area (Å²) in [5.74, 6) is 0.301. The van der Waals surface area contributed by atoms with Crippen LogP contribution in [0.4, 0.5) is 5.69 Å². The molecular weight excluding hydrogens is 342 g/mol. The number of methoxy groups -OCH3 is 1. The van der Waals surface area contributed by atoms with Crippen LogP contribution in [0.25, 0.3) is 11.0 Å². The van der Waals surface area contributed by atoms with Crippen molar-refractivity contribution in [1.82, 2.24) is 5.16 Å². The van der Waals surface area contributed by atoms with E-state index in [0.29, 0.717) is 5.75 Å². The van der Waals surface area contributed by atoms with E-state index in [1.165, 1.54) is 25.3 Å². The average Bonchev–Trinajstić information content (AvgIpc) is 2.96. The van der Waals surface area contributed by atoms with Crippen molar-refractivity contribution < 1.29 is 27.6 Å². The van der Waals surface area contributed by atoms with Gasteiger partial charge in [0.15, 0.2) is 0 Å². The highest BCUT2D eigenvalue weighted by atomic mass is 32.2. The van der Waals surface area contributed by atoms with Crippen LogP contribution in [-0.4, -0.2) is 25.6 Å². The van der Waals surface area contributed by atoms with Gasteiger partial charge in [-0.3, -0.25) is 14.7 Å². The second-order valence-electron chi connectivity index (χ2n) is 4.65. The second-order valence-corrected chi connectivity index (χ2v) is 6.57. The summed E-state index contributed by atoms with van der Waals surface area (Å²) in [7, 11) is -2.78. The molecule has 0 spiro atoms. The summed E-state index contributed by atoms with van der Waals surface area (Å²) in [5, 5.41) is 26.0. The number of rotatable bonds is 4. The Hall–Kier alpha value is -3.21. The Morgan fingerprint density at radius 2 is 2.04 bits per heavy atom. The Morgan fingerprint density at radius 3 is 2.71 bits per heavy atom. The van der Waals surface area contributed by atoms with Gasteiger partial charge in [-0.25, -0.2) is 8.42 Å². The van der Waals surface area contributed by atoms with Gasteiger partial charge in [-0.2, -0.15) is 0 Å². The summed E-state index contributed by atoms with van der Waals surface area (Å²) in [6.45, 7) is 0. The molecule has 2 aromatic carbocycles. The third-order valence-corrected chi connectivity index (χ3v) is 5.10. The zero-order valence-electron chi connectivity index (χ0n) is 12.1. The highest BCUT2D eigenvalue weighted by Crippen LogP contribution is 2.31.